The van der Waals surface area contributed by atoms with Crippen LogP contribution in [0.25, 0.3) is 0 Å². The maximum absolute atomic E-state index is 5.86. The smallest absolute Gasteiger partial charge is 0.0791 e. The van der Waals surface area contributed by atoms with Gasteiger partial charge in [0, 0.05) is 22.1 Å². The highest BCUT2D eigenvalue weighted by molar-refractivity contribution is 14.1. The third-order valence-electron chi connectivity index (χ3n) is 3.32. The molecule has 1 aliphatic rings. The molecule has 1 atom stereocenters. The normalized spacial score (nSPS) is 22.1. The fourth-order valence-corrected chi connectivity index (χ4v) is 2.45. The maximum atomic E-state index is 5.86. The highest BCUT2D eigenvalue weighted by atomic mass is 127. The molecule has 1 aromatic carbocycles. The average molecular weight is 331 g/mol. The minimum absolute atomic E-state index is 0.0672. The van der Waals surface area contributed by atoms with Crippen LogP contribution in [-0.4, -0.2) is 25.8 Å². The number of nitrogens with one attached hydrogen (secondary N) is 1. The monoisotopic (exact) mass is 331 g/mol. The molecule has 1 heterocycles. The molecule has 0 spiro atoms. The standard InChI is InChI=1S/C13H18INO/c1-13(2,12-9-15-7-8-16-12)10-3-5-11(14)6-4-10/h3-6,12,15H,7-9H2,1-2H3. The summed E-state index contributed by atoms with van der Waals surface area (Å²) < 4.78 is 7.14. The Labute approximate surface area is 111 Å². The van der Waals surface area contributed by atoms with Gasteiger partial charge in [-0.25, -0.2) is 0 Å². The molecule has 16 heavy (non-hydrogen) atoms. The molecular weight excluding hydrogens is 313 g/mol. The van der Waals surface area contributed by atoms with E-state index in [1.165, 1.54) is 9.13 Å². The van der Waals surface area contributed by atoms with Gasteiger partial charge in [-0.05, 0) is 40.3 Å². The zero-order chi connectivity index (χ0) is 11.6. The van der Waals surface area contributed by atoms with Gasteiger partial charge in [-0.15, -0.1) is 0 Å². The average Bonchev–Trinajstić information content (AvgIpc) is 2.31. The van der Waals surface area contributed by atoms with Gasteiger partial charge < -0.3 is 10.1 Å². The summed E-state index contributed by atoms with van der Waals surface area (Å²) in [5, 5.41) is 3.40. The van der Waals surface area contributed by atoms with Gasteiger partial charge in [0.05, 0.1) is 12.7 Å². The van der Waals surface area contributed by atoms with Crippen LogP contribution in [0.3, 0.4) is 0 Å². The van der Waals surface area contributed by atoms with Crippen molar-refractivity contribution < 1.29 is 4.74 Å². The van der Waals surface area contributed by atoms with E-state index in [2.05, 4.69) is 66.0 Å². The van der Waals surface area contributed by atoms with Crippen molar-refractivity contribution in [1.82, 2.24) is 5.32 Å². The lowest BCUT2D eigenvalue weighted by Crippen LogP contribution is -2.48. The van der Waals surface area contributed by atoms with Crippen LogP contribution in [0.2, 0.25) is 0 Å². The summed E-state index contributed by atoms with van der Waals surface area (Å²) in [6, 6.07) is 8.74. The topological polar surface area (TPSA) is 21.3 Å². The highest BCUT2D eigenvalue weighted by Gasteiger charge is 2.33. The molecule has 2 nitrogen and oxygen atoms in total. The first-order chi connectivity index (χ1) is 7.60. The number of halogens is 1. The molecule has 2 rings (SSSR count). The molecular formula is C13H18INO. The summed E-state index contributed by atoms with van der Waals surface area (Å²) in [4.78, 5) is 0. The summed E-state index contributed by atoms with van der Waals surface area (Å²) >= 11 is 2.34. The zero-order valence-electron chi connectivity index (χ0n) is 9.79. The molecule has 0 saturated carbocycles. The van der Waals surface area contributed by atoms with E-state index in [1.807, 2.05) is 0 Å². The summed E-state index contributed by atoms with van der Waals surface area (Å²) in [7, 11) is 0. The van der Waals surface area contributed by atoms with Gasteiger partial charge in [0.1, 0.15) is 0 Å². The molecule has 1 fully saturated rings. The lowest BCUT2D eigenvalue weighted by Gasteiger charge is -2.37. The molecule has 1 saturated heterocycles. The van der Waals surface area contributed by atoms with Crippen LogP contribution in [0.5, 0.6) is 0 Å². The second-order valence-corrected chi connectivity index (χ2v) is 6.04. The van der Waals surface area contributed by atoms with E-state index < -0.39 is 0 Å². The molecule has 88 valence electrons. The quantitative estimate of drug-likeness (QED) is 0.841. The fraction of sp³-hybridized carbons (Fsp3) is 0.538. The second-order valence-electron chi connectivity index (χ2n) is 4.79. The van der Waals surface area contributed by atoms with E-state index in [-0.39, 0.29) is 11.5 Å². The summed E-state index contributed by atoms with van der Waals surface area (Å²) in [6.07, 6.45) is 0.265. The first-order valence-electron chi connectivity index (χ1n) is 5.69. The predicted octanol–water partition coefficient (Wildman–Crippen LogP) is 2.56. The van der Waals surface area contributed by atoms with Gasteiger partial charge in [-0.1, -0.05) is 26.0 Å². The van der Waals surface area contributed by atoms with Crippen LogP contribution in [0.1, 0.15) is 19.4 Å². The Morgan fingerprint density at radius 3 is 2.56 bits per heavy atom. The number of hydrogen-bond acceptors (Lipinski definition) is 2. The van der Waals surface area contributed by atoms with Crippen molar-refractivity contribution >= 4 is 22.6 Å². The molecule has 1 unspecified atom stereocenters. The van der Waals surface area contributed by atoms with E-state index >= 15 is 0 Å². The largest absolute Gasteiger partial charge is 0.375 e. The summed E-state index contributed by atoms with van der Waals surface area (Å²) in [5.74, 6) is 0. The number of ether oxygens (including phenoxy) is 1. The van der Waals surface area contributed by atoms with Crippen molar-refractivity contribution in [3.63, 3.8) is 0 Å². The molecule has 0 amide bonds. The third kappa shape index (κ3) is 2.57. The van der Waals surface area contributed by atoms with Crippen molar-refractivity contribution in [3.05, 3.63) is 33.4 Å². The Morgan fingerprint density at radius 2 is 2.00 bits per heavy atom. The Balaban J connectivity index is 2.19. The van der Waals surface area contributed by atoms with E-state index in [4.69, 9.17) is 4.74 Å². The molecule has 0 aliphatic carbocycles. The van der Waals surface area contributed by atoms with Gasteiger partial charge in [0.15, 0.2) is 0 Å². The minimum atomic E-state index is 0.0672. The summed E-state index contributed by atoms with van der Waals surface area (Å²) in [5.41, 5.74) is 1.42. The van der Waals surface area contributed by atoms with Crippen LogP contribution in [0.15, 0.2) is 24.3 Å². The van der Waals surface area contributed by atoms with Gasteiger partial charge >= 0.3 is 0 Å². The van der Waals surface area contributed by atoms with Crippen LogP contribution >= 0.6 is 22.6 Å². The molecule has 0 radical (unpaired) electrons. The molecule has 0 aromatic heterocycles. The number of rotatable bonds is 2. The fourth-order valence-electron chi connectivity index (χ4n) is 2.09. The van der Waals surface area contributed by atoms with E-state index in [9.17, 15) is 0 Å². The first-order valence-corrected chi connectivity index (χ1v) is 6.77. The van der Waals surface area contributed by atoms with E-state index in [1.54, 1.807) is 0 Å². The lowest BCUT2D eigenvalue weighted by molar-refractivity contribution is -0.0139. The molecule has 1 aliphatic heterocycles. The van der Waals surface area contributed by atoms with Crippen LogP contribution in [0, 0.1) is 3.57 Å². The van der Waals surface area contributed by atoms with Gasteiger partial charge in [-0.2, -0.15) is 0 Å². The molecule has 3 heteroatoms. The number of morpholine rings is 1. The van der Waals surface area contributed by atoms with Crippen LogP contribution < -0.4 is 5.32 Å². The van der Waals surface area contributed by atoms with Gasteiger partial charge in [-0.3, -0.25) is 0 Å². The van der Waals surface area contributed by atoms with Crippen molar-refractivity contribution in [1.29, 1.82) is 0 Å². The van der Waals surface area contributed by atoms with Crippen LogP contribution in [-0.2, 0) is 10.2 Å². The van der Waals surface area contributed by atoms with Gasteiger partial charge in [0.25, 0.3) is 0 Å². The Morgan fingerprint density at radius 1 is 1.31 bits per heavy atom. The molecule has 0 bridgehead atoms. The van der Waals surface area contributed by atoms with Crippen LogP contribution in [0.4, 0.5) is 0 Å². The minimum Gasteiger partial charge on any atom is -0.375 e. The second kappa shape index (κ2) is 5.02. The zero-order valence-corrected chi connectivity index (χ0v) is 12.0. The number of hydrogen-bond donors (Lipinski definition) is 1. The Kier molecular flexibility index (Phi) is 3.87. The number of benzene rings is 1. The Hall–Kier alpha value is -0.130. The summed E-state index contributed by atoms with van der Waals surface area (Å²) in [6.45, 7) is 7.25. The Bertz CT molecular complexity index is 341. The highest BCUT2D eigenvalue weighted by Crippen LogP contribution is 2.30. The third-order valence-corrected chi connectivity index (χ3v) is 4.04. The SMILES string of the molecule is CC(C)(c1ccc(I)cc1)C1CNCCO1. The molecule has 1 aromatic rings. The van der Waals surface area contributed by atoms with Crippen molar-refractivity contribution in [3.8, 4) is 0 Å². The maximum Gasteiger partial charge on any atom is 0.0791 e. The first kappa shape index (κ1) is 12.3. The van der Waals surface area contributed by atoms with Crippen molar-refractivity contribution in [2.45, 2.75) is 25.4 Å². The van der Waals surface area contributed by atoms with E-state index in [0.717, 1.165) is 19.7 Å². The van der Waals surface area contributed by atoms with Crippen molar-refractivity contribution in [2.75, 3.05) is 19.7 Å². The van der Waals surface area contributed by atoms with Gasteiger partial charge in [0.2, 0.25) is 0 Å². The molecule has 1 N–H and O–H groups in total. The van der Waals surface area contributed by atoms with Crippen molar-refractivity contribution in [2.24, 2.45) is 0 Å². The lowest BCUT2D eigenvalue weighted by atomic mass is 9.79. The predicted molar refractivity (Wildman–Crippen MR) is 74.8 cm³/mol. The van der Waals surface area contributed by atoms with E-state index in [0.29, 0.717) is 0 Å².